The normalized spacial score (nSPS) is 19.9. The zero-order chi connectivity index (χ0) is 25.4. The molecule has 9 heteroatoms. The molecule has 1 saturated heterocycles. The monoisotopic (exact) mass is 494 g/mol. The van der Waals surface area contributed by atoms with Crippen molar-refractivity contribution in [1.82, 2.24) is 19.5 Å². The molecule has 0 saturated carbocycles. The van der Waals surface area contributed by atoms with Gasteiger partial charge >= 0.3 is 5.97 Å². The summed E-state index contributed by atoms with van der Waals surface area (Å²) in [7, 11) is 1.33. The van der Waals surface area contributed by atoms with Crippen LogP contribution < -0.4 is 4.74 Å². The van der Waals surface area contributed by atoms with E-state index in [2.05, 4.69) is 17.0 Å². The van der Waals surface area contributed by atoms with Crippen LogP contribution >= 0.6 is 0 Å². The molecular weight excluding hydrogens is 463 g/mol. The van der Waals surface area contributed by atoms with E-state index in [1.807, 2.05) is 11.8 Å². The zero-order valence-corrected chi connectivity index (χ0v) is 20.9. The van der Waals surface area contributed by atoms with Gasteiger partial charge in [-0.3, -0.25) is 9.59 Å². The van der Waals surface area contributed by atoms with E-state index in [0.29, 0.717) is 35.4 Å². The number of hydrogen-bond acceptors (Lipinski definition) is 6. The fourth-order valence-electron chi connectivity index (χ4n) is 5.19. The lowest BCUT2D eigenvalue weighted by molar-refractivity contribution is -0.146. The number of halogens is 1. The van der Waals surface area contributed by atoms with Crippen molar-refractivity contribution in [3.63, 3.8) is 0 Å². The fraction of sp³-hybridized carbons (Fsp3) is 0.481. The summed E-state index contributed by atoms with van der Waals surface area (Å²) in [5.41, 5.74) is 3.03. The molecule has 5 rings (SSSR count). The minimum atomic E-state index is -0.521. The standard InChI is InChI=1S/C27H31FN4O4/c1-4-19-13-22(26(33)31-11-7-5-6-8-16(31)2)29-23-14-21(30-32(19)23)20-10-9-17-12-18(27(34)35-3)15-36-25(17)24(20)28/h9-10,13-14,16,18H,4-8,11-12,15H2,1-3H3. The average Bonchev–Trinajstić information content (AvgIpc) is 3.21. The van der Waals surface area contributed by atoms with Gasteiger partial charge < -0.3 is 14.4 Å². The van der Waals surface area contributed by atoms with Crippen molar-refractivity contribution in [2.24, 2.45) is 5.92 Å². The topological polar surface area (TPSA) is 86.0 Å². The first-order chi connectivity index (χ1) is 17.4. The van der Waals surface area contributed by atoms with Gasteiger partial charge in [-0.25, -0.2) is 13.9 Å². The molecule has 0 N–H and O–H groups in total. The summed E-state index contributed by atoms with van der Waals surface area (Å²) in [6.07, 6.45) is 5.24. The number of hydrogen-bond donors (Lipinski definition) is 0. The van der Waals surface area contributed by atoms with Crippen molar-refractivity contribution in [1.29, 1.82) is 0 Å². The number of nitrogens with zero attached hydrogens (tertiary/aromatic N) is 4. The quantitative estimate of drug-likeness (QED) is 0.505. The van der Waals surface area contributed by atoms with Crippen molar-refractivity contribution >= 4 is 17.5 Å². The minimum Gasteiger partial charge on any atom is -0.489 e. The molecule has 2 atom stereocenters. The Morgan fingerprint density at radius 3 is 2.83 bits per heavy atom. The Morgan fingerprint density at radius 1 is 1.22 bits per heavy atom. The number of carbonyl (C=O) groups excluding carboxylic acids is 2. The second-order valence-electron chi connectivity index (χ2n) is 9.63. The number of likely N-dealkylation sites (tertiary alicyclic amines) is 1. The van der Waals surface area contributed by atoms with Gasteiger partial charge in [-0.05, 0) is 50.3 Å². The van der Waals surface area contributed by atoms with E-state index in [1.54, 1.807) is 28.8 Å². The molecule has 36 heavy (non-hydrogen) atoms. The lowest BCUT2D eigenvalue weighted by atomic mass is 9.95. The minimum absolute atomic E-state index is 0.0626. The molecule has 1 aromatic carbocycles. The Morgan fingerprint density at radius 2 is 2.06 bits per heavy atom. The van der Waals surface area contributed by atoms with Gasteiger partial charge in [0.15, 0.2) is 17.2 Å². The van der Waals surface area contributed by atoms with Crippen LogP contribution in [-0.2, 0) is 22.4 Å². The average molecular weight is 495 g/mol. The molecule has 1 amide bonds. The number of esters is 1. The number of benzene rings is 1. The highest BCUT2D eigenvalue weighted by Gasteiger charge is 2.30. The van der Waals surface area contributed by atoms with Crippen molar-refractivity contribution in [2.75, 3.05) is 20.3 Å². The van der Waals surface area contributed by atoms with Gasteiger partial charge in [-0.1, -0.05) is 25.8 Å². The fourth-order valence-corrected chi connectivity index (χ4v) is 5.19. The predicted molar refractivity (Wildman–Crippen MR) is 131 cm³/mol. The predicted octanol–water partition coefficient (Wildman–Crippen LogP) is 4.23. The molecule has 2 aliphatic heterocycles. The maximum atomic E-state index is 15.5. The molecule has 0 bridgehead atoms. The number of rotatable bonds is 4. The number of aryl methyl sites for hydroxylation is 1. The van der Waals surface area contributed by atoms with Crippen LogP contribution in [0.2, 0.25) is 0 Å². The highest BCUT2D eigenvalue weighted by molar-refractivity contribution is 5.93. The molecule has 0 aliphatic carbocycles. The molecular formula is C27H31FN4O4. The van der Waals surface area contributed by atoms with Gasteiger partial charge in [0, 0.05) is 29.9 Å². The van der Waals surface area contributed by atoms with Gasteiger partial charge in [0.25, 0.3) is 5.91 Å². The van der Waals surface area contributed by atoms with Crippen LogP contribution in [0.25, 0.3) is 16.9 Å². The summed E-state index contributed by atoms with van der Waals surface area (Å²) in [5.74, 6) is -1.28. The van der Waals surface area contributed by atoms with Crippen LogP contribution in [0.5, 0.6) is 5.75 Å². The van der Waals surface area contributed by atoms with E-state index in [1.165, 1.54) is 7.11 Å². The third-order valence-electron chi connectivity index (χ3n) is 7.28. The number of ether oxygens (including phenoxy) is 2. The van der Waals surface area contributed by atoms with Gasteiger partial charge in [0.05, 0.1) is 18.7 Å². The van der Waals surface area contributed by atoms with Gasteiger partial charge in [-0.2, -0.15) is 5.10 Å². The van der Waals surface area contributed by atoms with Crippen LogP contribution in [0.4, 0.5) is 4.39 Å². The lowest BCUT2D eigenvalue weighted by Crippen LogP contribution is -2.38. The Hall–Kier alpha value is -3.49. The van der Waals surface area contributed by atoms with Crippen LogP contribution in [0.15, 0.2) is 24.3 Å². The first-order valence-electron chi connectivity index (χ1n) is 12.6. The number of aromatic nitrogens is 3. The number of fused-ring (bicyclic) bond motifs is 2. The molecule has 0 radical (unpaired) electrons. The largest absolute Gasteiger partial charge is 0.489 e. The highest BCUT2D eigenvalue weighted by atomic mass is 19.1. The van der Waals surface area contributed by atoms with Gasteiger partial charge in [-0.15, -0.1) is 0 Å². The van der Waals surface area contributed by atoms with E-state index in [4.69, 9.17) is 9.47 Å². The van der Waals surface area contributed by atoms with Crippen LogP contribution in [-0.4, -0.2) is 57.7 Å². The molecule has 190 valence electrons. The van der Waals surface area contributed by atoms with E-state index >= 15 is 4.39 Å². The lowest BCUT2D eigenvalue weighted by Gasteiger charge is -2.27. The molecule has 0 spiro atoms. The van der Waals surface area contributed by atoms with Crippen molar-refractivity contribution in [3.8, 4) is 17.0 Å². The summed E-state index contributed by atoms with van der Waals surface area (Å²) in [5, 5.41) is 4.62. The summed E-state index contributed by atoms with van der Waals surface area (Å²) in [4.78, 5) is 31.8. The molecule has 8 nitrogen and oxygen atoms in total. The SMILES string of the molecule is CCc1cc(C(=O)N2CCCCCC2C)nc2cc(-c3ccc4c(c3F)OCC(C(=O)OC)C4)nn12. The van der Waals surface area contributed by atoms with E-state index in [-0.39, 0.29) is 35.8 Å². The maximum absolute atomic E-state index is 15.5. The van der Waals surface area contributed by atoms with Crippen LogP contribution in [0.1, 0.15) is 61.3 Å². The molecule has 3 aromatic rings. The van der Waals surface area contributed by atoms with Crippen molar-refractivity contribution in [2.45, 2.75) is 58.4 Å². The summed E-state index contributed by atoms with van der Waals surface area (Å²) < 4.78 is 27.6. The zero-order valence-electron chi connectivity index (χ0n) is 20.9. The Balaban J connectivity index is 1.50. The highest BCUT2D eigenvalue weighted by Crippen LogP contribution is 2.36. The smallest absolute Gasteiger partial charge is 0.312 e. The van der Waals surface area contributed by atoms with E-state index < -0.39 is 11.7 Å². The first kappa shape index (κ1) is 24.2. The van der Waals surface area contributed by atoms with E-state index in [0.717, 1.165) is 37.9 Å². The second kappa shape index (κ2) is 9.87. The molecule has 2 unspecified atom stereocenters. The summed E-state index contributed by atoms with van der Waals surface area (Å²) >= 11 is 0. The van der Waals surface area contributed by atoms with Gasteiger partial charge in [0.2, 0.25) is 0 Å². The third kappa shape index (κ3) is 4.31. The first-order valence-corrected chi connectivity index (χ1v) is 12.6. The summed E-state index contributed by atoms with van der Waals surface area (Å²) in [6.45, 7) is 4.88. The Kier molecular flexibility index (Phi) is 6.64. The van der Waals surface area contributed by atoms with Crippen LogP contribution in [0.3, 0.4) is 0 Å². The summed E-state index contributed by atoms with van der Waals surface area (Å²) in [6, 6.07) is 7.08. The van der Waals surface area contributed by atoms with Crippen LogP contribution in [0, 0.1) is 11.7 Å². The Labute approximate surface area is 209 Å². The number of methoxy groups -OCH3 is 1. The van der Waals surface area contributed by atoms with E-state index in [9.17, 15) is 9.59 Å². The van der Waals surface area contributed by atoms with Crippen molar-refractivity contribution < 1.29 is 23.5 Å². The Bertz CT molecular complexity index is 1320. The van der Waals surface area contributed by atoms with Gasteiger partial charge in [0.1, 0.15) is 12.3 Å². The number of carbonyl (C=O) groups is 2. The number of amides is 1. The maximum Gasteiger partial charge on any atom is 0.312 e. The molecule has 4 heterocycles. The van der Waals surface area contributed by atoms with Crippen molar-refractivity contribution in [3.05, 3.63) is 47.0 Å². The molecule has 1 fully saturated rings. The molecule has 2 aliphatic rings. The molecule has 2 aromatic heterocycles. The second-order valence-corrected chi connectivity index (χ2v) is 9.63. The third-order valence-corrected chi connectivity index (χ3v) is 7.28.